The number of hydrogen-bond donors (Lipinski definition) is 1. The van der Waals surface area contributed by atoms with Crippen molar-refractivity contribution in [2.24, 2.45) is 0 Å². The molecule has 0 saturated heterocycles. The van der Waals surface area contributed by atoms with Gasteiger partial charge in [-0.25, -0.2) is 4.79 Å². The average Bonchev–Trinajstić information content (AvgIpc) is 2.82. The van der Waals surface area contributed by atoms with Crippen molar-refractivity contribution in [3.05, 3.63) is 28.1 Å². The second-order valence-corrected chi connectivity index (χ2v) is 4.96. The lowest BCUT2D eigenvalue weighted by Gasteiger charge is -2.05. The normalized spacial score (nSPS) is 10.7. The van der Waals surface area contributed by atoms with Gasteiger partial charge in [0.25, 0.3) is 5.69 Å². The Balaban J connectivity index is 2.42. The molecule has 0 radical (unpaired) electrons. The molecule has 0 aliphatic heterocycles. The molecule has 0 aromatic carbocycles. The summed E-state index contributed by atoms with van der Waals surface area (Å²) >= 11 is 0. The predicted octanol–water partition coefficient (Wildman–Crippen LogP) is 3.85. The van der Waals surface area contributed by atoms with Crippen LogP contribution in [0.3, 0.4) is 0 Å². The highest BCUT2D eigenvalue weighted by atomic mass is 16.6. The molecule has 0 unspecified atom stereocenters. The number of aromatic nitrogens is 1. The van der Waals surface area contributed by atoms with Gasteiger partial charge in [-0.2, -0.15) is 0 Å². The van der Waals surface area contributed by atoms with Crippen LogP contribution in [0.4, 0.5) is 5.69 Å². The fourth-order valence-corrected chi connectivity index (χ4v) is 2.20. The number of hydrogen-bond acceptors (Lipinski definition) is 3. The first-order valence-corrected chi connectivity index (χ1v) is 7.14. The van der Waals surface area contributed by atoms with Gasteiger partial charge < -0.3 is 9.67 Å². The Bertz CT molecular complexity index is 454. The van der Waals surface area contributed by atoms with Gasteiger partial charge in [0, 0.05) is 12.6 Å². The zero-order chi connectivity index (χ0) is 15.0. The van der Waals surface area contributed by atoms with E-state index in [-0.39, 0.29) is 11.4 Å². The van der Waals surface area contributed by atoms with E-state index in [0.717, 1.165) is 25.3 Å². The Morgan fingerprint density at radius 3 is 2.40 bits per heavy atom. The molecular formula is C14H22N2O4. The standard InChI is InChI=1S/C14H22N2O4/c1-2-3-4-5-6-7-8-9-15-11-12(16(19)20)10-13(15)14(17)18/h10-11H,2-9H2,1H3,(H,17,18). The van der Waals surface area contributed by atoms with Crippen LogP contribution in [0.15, 0.2) is 12.3 Å². The zero-order valence-electron chi connectivity index (χ0n) is 11.9. The van der Waals surface area contributed by atoms with Gasteiger partial charge in [-0.1, -0.05) is 45.4 Å². The van der Waals surface area contributed by atoms with Crippen molar-refractivity contribution >= 4 is 11.7 Å². The SMILES string of the molecule is CCCCCCCCCn1cc([N+](=O)[O-])cc1C(=O)O. The monoisotopic (exact) mass is 282 g/mol. The van der Waals surface area contributed by atoms with Gasteiger partial charge in [0.05, 0.1) is 11.1 Å². The van der Waals surface area contributed by atoms with Gasteiger partial charge in [0.2, 0.25) is 0 Å². The summed E-state index contributed by atoms with van der Waals surface area (Å²) in [4.78, 5) is 21.1. The largest absolute Gasteiger partial charge is 0.477 e. The summed E-state index contributed by atoms with van der Waals surface area (Å²) in [6, 6.07) is 1.11. The van der Waals surface area contributed by atoms with Crippen LogP contribution >= 0.6 is 0 Å². The van der Waals surface area contributed by atoms with E-state index >= 15 is 0 Å². The minimum Gasteiger partial charge on any atom is -0.477 e. The van der Waals surface area contributed by atoms with Crippen molar-refractivity contribution < 1.29 is 14.8 Å². The fourth-order valence-electron chi connectivity index (χ4n) is 2.20. The first-order chi connectivity index (χ1) is 9.56. The van der Waals surface area contributed by atoms with Gasteiger partial charge in [-0.05, 0) is 6.42 Å². The summed E-state index contributed by atoms with van der Waals surface area (Å²) in [6.07, 6.45) is 9.22. The average molecular weight is 282 g/mol. The summed E-state index contributed by atoms with van der Waals surface area (Å²) in [5.41, 5.74) is -0.173. The molecule has 1 heterocycles. The van der Waals surface area contributed by atoms with Crippen LogP contribution in [-0.2, 0) is 6.54 Å². The first kappa shape index (κ1) is 16.2. The van der Waals surface area contributed by atoms with Gasteiger partial charge in [-0.15, -0.1) is 0 Å². The van der Waals surface area contributed by atoms with Crippen molar-refractivity contribution in [2.45, 2.75) is 58.4 Å². The maximum atomic E-state index is 11.0. The third-order valence-electron chi connectivity index (χ3n) is 3.31. The Labute approximate surface area is 118 Å². The molecule has 1 aromatic heterocycles. The van der Waals surface area contributed by atoms with Crippen LogP contribution in [0.1, 0.15) is 62.4 Å². The molecule has 0 amide bonds. The van der Waals surface area contributed by atoms with E-state index in [1.807, 2.05) is 0 Å². The minimum atomic E-state index is -1.12. The van der Waals surface area contributed by atoms with E-state index in [1.165, 1.54) is 36.4 Å². The topological polar surface area (TPSA) is 85.4 Å². The number of carbonyl (C=O) groups is 1. The van der Waals surface area contributed by atoms with Crippen LogP contribution in [0.25, 0.3) is 0 Å². The zero-order valence-corrected chi connectivity index (χ0v) is 11.9. The van der Waals surface area contributed by atoms with Crippen molar-refractivity contribution in [2.75, 3.05) is 0 Å². The second kappa shape index (κ2) is 8.35. The maximum absolute atomic E-state index is 11.0. The molecule has 1 N–H and O–H groups in total. The molecule has 1 aromatic rings. The smallest absolute Gasteiger partial charge is 0.352 e. The van der Waals surface area contributed by atoms with E-state index in [0.29, 0.717) is 6.54 Å². The third kappa shape index (κ3) is 5.03. The highest BCUT2D eigenvalue weighted by Crippen LogP contribution is 2.18. The fraction of sp³-hybridized carbons (Fsp3) is 0.643. The molecular weight excluding hydrogens is 260 g/mol. The molecule has 0 bridgehead atoms. The molecule has 1 rings (SSSR count). The number of unbranched alkanes of at least 4 members (excludes halogenated alkanes) is 6. The van der Waals surface area contributed by atoms with Crippen molar-refractivity contribution in [1.82, 2.24) is 4.57 Å². The van der Waals surface area contributed by atoms with E-state index in [9.17, 15) is 14.9 Å². The van der Waals surface area contributed by atoms with Gasteiger partial charge >= 0.3 is 5.97 Å². The van der Waals surface area contributed by atoms with E-state index in [1.54, 1.807) is 0 Å². The molecule has 0 spiro atoms. The summed E-state index contributed by atoms with van der Waals surface area (Å²) < 4.78 is 1.46. The Morgan fingerprint density at radius 2 is 1.85 bits per heavy atom. The quantitative estimate of drug-likeness (QED) is 0.401. The molecule has 6 heteroatoms. The lowest BCUT2D eigenvalue weighted by molar-refractivity contribution is -0.384. The summed E-state index contributed by atoms with van der Waals surface area (Å²) in [5.74, 6) is -1.12. The second-order valence-electron chi connectivity index (χ2n) is 4.96. The summed E-state index contributed by atoms with van der Waals surface area (Å²) in [7, 11) is 0. The lowest BCUT2D eigenvalue weighted by atomic mass is 10.1. The van der Waals surface area contributed by atoms with Gasteiger partial charge in [-0.3, -0.25) is 10.1 Å². The molecule has 0 aliphatic carbocycles. The van der Waals surface area contributed by atoms with Crippen LogP contribution in [0, 0.1) is 10.1 Å². The molecule has 0 aliphatic rings. The molecule has 20 heavy (non-hydrogen) atoms. The predicted molar refractivity (Wildman–Crippen MR) is 76.0 cm³/mol. The summed E-state index contributed by atoms with van der Waals surface area (Å²) in [6.45, 7) is 2.69. The Morgan fingerprint density at radius 1 is 1.25 bits per heavy atom. The van der Waals surface area contributed by atoms with E-state index in [2.05, 4.69) is 6.92 Å². The molecule has 0 fully saturated rings. The summed E-state index contributed by atoms with van der Waals surface area (Å²) in [5, 5.41) is 19.7. The number of nitro groups is 1. The van der Waals surface area contributed by atoms with Crippen LogP contribution in [0.5, 0.6) is 0 Å². The molecule has 0 saturated carbocycles. The van der Waals surface area contributed by atoms with Crippen molar-refractivity contribution in [1.29, 1.82) is 0 Å². The number of aryl methyl sites for hydroxylation is 1. The van der Waals surface area contributed by atoms with Crippen molar-refractivity contribution in [3.63, 3.8) is 0 Å². The Kier molecular flexibility index (Phi) is 6.76. The number of carboxylic acids is 1. The van der Waals surface area contributed by atoms with Crippen molar-refractivity contribution in [3.8, 4) is 0 Å². The molecule has 112 valence electrons. The molecule has 6 nitrogen and oxygen atoms in total. The van der Waals surface area contributed by atoms with E-state index in [4.69, 9.17) is 5.11 Å². The van der Waals surface area contributed by atoms with Gasteiger partial charge in [0.1, 0.15) is 5.69 Å². The van der Waals surface area contributed by atoms with Crippen LogP contribution in [0.2, 0.25) is 0 Å². The highest BCUT2D eigenvalue weighted by Gasteiger charge is 2.18. The van der Waals surface area contributed by atoms with Crippen LogP contribution < -0.4 is 0 Å². The Hall–Kier alpha value is -1.85. The van der Waals surface area contributed by atoms with Crippen LogP contribution in [-0.4, -0.2) is 20.6 Å². The maximum Gasteiger partial charge on any atom is 0.352 e. The third-order valence-corrected chi connectivity index (χ3v) is 3.31. The lowest BCUT2D eigenvalue weighted by Crippen LogP contribution is -2.07. The molecule has 0 atom stereocenters. The van der Waals surface area contributed by atoms with Gasteiger partial charge in [0.15, 0.2) is 0 Å². The minimum absolute atomic E-state index is 0.0114. The first-order valence-electron chi connectivity index (χ1n) is 7.14. The number of nitrogens with zero attached hydrogens (tertiary/aromatic N) is 2. The number of rotatable bonds is 10. The number of carboxylic acid groups (broad SMARTS) is 1. The highest BCUT2D eigenvalue weighted by molar-refractivity contribution is 5.86. The van der Waals surface area contributed by atoms with E-state index < -0.39 is 10.9 Å². The number of aromatic carboxylic acids is 1.